The first-order valence-electron chi connectivity index (χ1n) is 6.51. The summed E-state index contributed by atoms with van der Waals surface area (Å²) in [6.45, 7) is 4.70. The van der Waals surface area contributed by atoms with Crippen LogP contribution in [0.4, 0.5) is 5.69 Å². The lowest BCUT2D eigenvalue weighted by atomic mass is 9.94. The third kappa shape index (κ3) is 2.90. The average Bonchev–Trinajstić information content (AvgIpc) is 2.41. The van der Waals surface area contributed by atoms with E-state index >= 15 is 0 Å². The van der Waals surface area contributed by atoms with Crippen LogP contribution in [0, 0.1) is 16.0 Å². The molecule has 2 unspecified atom stereocenters. The van der Waals surface area contributed by atoms with Gasteiger partial charge in [-0.15, -0.1) is 0 Å². The topological polar surface area (TPSA) is 76.3 Å². The number of nitrogens with zero attached hydrogens (tertiary/aromatic N) is 3. The van der Waals surface area contributed by atoms with Gasteiger partial charge in [0.1, 0.15) is 11.3 Å². The van der Waals surface area contributed by atoms with E-state index < -0.39 is 4.92 Å². The number of pyridine rings is 1. The minimum atomic E-state index is -0.581. The molecule has 2 heterocycles. The first-order valence-corrected chi connectivity index (χ1v) is 6.89. The molecule has 1 amide bonds. The van der Waals surface area contributed by atoms with Crippen LogP contribution in [0.2, 0.25) is 5.15 Å². The second-order valence-electron chi connectivity index (χ2n) is 5.28. The van der Waals surface area contributed by atoms with Crippen molar-refractivity contribution in [3.8, 4) is 0 Å². The standard InChI is InChI=1S/C13H16ClN3O3/c1-8-3-4-9(2)16(7-8)13(18)11-5-10(17(19)20)6-15-12(11)14/h5-6,8-9H,3-4,7H2,1-2H3. The zero-order valence-corrected chi connectivity index (χ0v) is 12.1. The van der Waals surface area contributed by atoms with Gasteiger partial charge in [0.15, 0.2) is 0 Å². The zero-order valence-electron chi connectivity index (χ0n) is 11.4. The molecule has 20 heavy (non-hydrogen) atoms. The number of carbonyl (C=O) groups is 1. The van der Waals surface area contributed by atoms with E-state index in [0.717, 1.165) is 19.0 Å². The first kappa shape index (κ1) is 14.7. The van der Waals surface area contributed by atoms with Crippen LogP contribution in [0.5, 0.6) is 0 Å². The maximum atomic E-state index is 12.5. The van der Waals surface area contributed by atoms with Gasteiger partial charge >= 0.3 is 0 Å². The molecular weight excluding hydrogens is 282 g/mol. The third-order valence-electron chi connectivity index (χ3n) is 3.64. The van der Waals surface area contributed by atoms with Crippen LogP contribution < -0.4 is 0 Å². The Morgan fingerprint density at radius 2 is 2.20 bits per heavy atom. The van der Waals surface area contributed by atoms with Gasteiger partial charge < -0.3 is 4.90 Å². The van der Waals surface area contributed by atoms with Gasteiger partial charge in [-0.25, -0.2) is 4.98 Å². The second kappa shape index (κ2) is 5.75. The van der Waals surface area contributed by atoms with E-state index in [2.05, 4.69) is 11.9 Å². The fourth-order valence-corrected chi connectivity index (χ4v) is 2.60. The normalized spacial score (nSPS) is 22.6. The molecule has 1 aliphatic heterocycles. The summed E-state index contributed by atoms with van der Waals surface area (Å²) < 4.78 is 0. The van der Waals surface area contributed by atoms with E-state index in [-0.39, 0.29) is 28.4 Å². The third-order valence-corrected chi connectivity index (χ3v) is 3.95. The zero-order chi connectivity index (χ0) is 14.9. The fraction of sp³-hybridized carbons (Fsp3) is 0.538. The quantitative estimate of drug-likeness (QED) is 0.478. The summed E-state index contributed by atoms with van der Waals surface area (Å²) in [7, 11) is 0. The Labute approximate surface area is 121 Å². The highest BCUT2D eigenvalue weighted by Gasteiger charge is 2.30. The highest BCUT2D eigenvalue weighted by atomic mass is 35.5. The second-order valence-corrected chi connectivity index (χ2v) is 5.64. The van der Waals surface area contributed by atoms with Gasteiger partial charge in [-0.05, 0) is 25.7 Å². The maximum Gasteiger partial charge on any atom is 0.288 e. The summed E-state index contributed by atoms with van der Waals surface area (Å²) in [5, 5.41) is 10.8. The highest BCUT2D eigenvalue weighted by Crippen LogP contribution is 2.26. The average molecular weight is 298 g/mol. The van der Waals surface area contributed by atoms with Crippen LogP contribution in [0.3, 0.4) is 0 Å². The Morgan fingerprint density at radius 1 is 1.50 bits per heavy atom. The molecule has 1 aromatic heterocycles. The summed E-state index contributed by atoms with van der Waals surface area (Å²) in [5.41, 5.74) is -0.128. The molecule has 0 aromatic carbocycles. The van der Waals surface area contributed by atoms with Crippen molar-refractivity contribution in [1.82, 2.24) is 9.88 Å². The van der Waals surface area contributed by atoms with Gasteiger partial charge in [0, 0.05) is 18.7 Å². The minimum absolute atomic E-state index is 0.00558. The van der Waals surface area contributed by atoms with Gasteiger partial charge in [-0.3, -0.25) is 14.9 Å². The molecule has 0 aliphatic carbocycles. The lowest BCUT2D eigenvalue weighted by molar-refractivity contribution is -0.385. The van der Waals surface area contributed by atoms with E-state index in [1.807, 2.05) is 6.92 Å². The Balaban J connectivity index is 2.32. The van der Waals surface area contributed by atoms with E-state index in [1.54, 1.807) is 4.90 Å². The summed E-state index contributed by atoms with van der Waals surface area (Å²) in [4.78, 5) is 28.2. The predicted molar refractivity (Wildman–Crippen MR) is 74.8 cm³/mol. The Morgan fingerprint density at radius 3 is 2.85 bits per heavy atom. The molecule has 0 N–H and O–H groups in total. The van der Waals surface area contributed by atoms with Gasteiger partial charge in [-0.2, -0.15) is 0 Å². The maximum absolute atomic E-state index is 12.5. The number of aromatic nitrogens is 1. The van der Waals surface area contributed by atoms with Crippen molar-refractivity contribution in [3.05, 3.63) is 33.1 Å². The molecule has 7 heteroatoms. The van der Waals surface area contributed by atoms with Crippen LogP contribution in [0.25, 0.3) is 0 Å². The predicted octanol–water partition coefficient (Wildman–Crippen LogP) is 2.90. The molecule has 108 valence electrons. The van der Waals surface area contributed by atoms with Gasteiger partial charge in [0.05, 0.1) is 10.5 Å². The highest BCUT2D eigenvalue weighted by molar-refractivity contribution is 6.32. The number of hydrogen-bond acceptors (Lipinski definition) is 4. The monoisotopic (exact) mass is 297 g/mol. The molecule has 0 bridgehead atoms. The van der Waals surface area contributed by atoms with Crippen molar-refractivity contribution < 1.29 is 9.72 Å². The first-order chi connectivity index (χ1) is 9.40. The molecule has 1 aliphatic rings. The molecule has 1 fully saturated rings. The van der Waals surface area contributed by atoms with Gasteiger partial charge in [0.2, 0.25) is 0 Å². The minimum Gasteiger partial charge on any atom is -0.336 e. The lowest BCUT2D eigenvalue weighted by Crippen LogP contribution is -2.45. The summed E-state index contributed by atoms with van der Waals surface area (Å²) >= 11 is 5.92. The summed E-state index contributed by atoms with van der Waals surface area (Å²) in [5.74, 6) is 0.130. The molecule has 1 saturated heterocycles. The Bertz CT molecular complexity index is 550. The van der Waals surface area contributed by atoms with E-state index in [4.69, 9.17) is 11.6 Å². The van der Waals surface area contributed by atoms with Crippen LogP contribution in [-0.2, 0) is 0 Å². The number of likely N-dealkylation sites (tertiary alicyclic amines) is 1. The molecule has 0 saturated carbocycles. The van der Waals surface area contributed by atoms with Crippen molar-refractivity contribution in [1.29, 1.82) is 0 Å². The van der Waals surface area contributed by atoms with Crippen molar-refractivity contribution in [3.63, 3.8) is 0 Å². The lowest BCUT2D eigenvalue weighted by Gasteiger charge is -2.36. The molecule has 2 rings (SSSR count). The number of amides is 1. The molecular formula is C13H16ClN3O3. The Hall–Kier alpha value is -1.69. The number of carbonyl (C=O) groups excluding carboxylic acids is 1. The SMILES string of the molecule is CC1CCC(C)N(C(=O)c2cc([N+](=O)[O-])cnc2Cl)C1. The van der Waals surface area contributed by atoms with Crippen molar-refractivity contribution in [2.45, 2.75) is 32.7 Å². The van der Waals surface area contributed by atoms with Crippen LogP contribution in [0.1, 0.15) is 37.0 Å². The van der Waals surface area contributed by atoms with Crippen LogP contribution in [-0.4, -0.2) is 33.3 Å². The Kier molecular flexibility index (Phi) is 4.23. The molecule has 2 atom stereocenters. The van der Waals surface area contributed by atoms with Crippen molar-refractivity contribution in [2.24, 2.45) is 5.92 Å². The number of halogens is 1. The summed E-state index contributed by atoms with van der Waals surface area (Å²) in [6, 6.07) is 1.30. The molecule has 0 radical (unpaired) electrons. The van der Waals surface area contributed by atoms with Crippen molar-refractivity contribution >= 4 is 23.2 Å². The van der Waals surface area contributed by atoms with Crippen LogP contribution in [0.15, 0.2) is 12.3 Å². The van der Waals surface area contributed by atoms with Crippen molar-refractivity contribution in [2.75, 3.05) is 6.54 Å². The number of rotatable bonds is 2. The molecule has 0 spiro atoms. The summed E-state index contributed by atoms with van der Waals surface area (Å²) in [6.07, 6.45) is 3.06. The molecule has 1 aromatic rings. The van der Waals surface area contributed by atoms with Gasteiger partial charge in [0.25, 0.3) is 11.6 Å². The fourth-order valence-electron chi connectivity index (χ4n) is 2.41. The number of hydrogen-bond donors (Lipinski definition) is 0. The molecule has 6 nitrogen and oxygen atoms in total. The number of nitro groups is 1. The number of piperidine rings is 1. The van der Waals surface area contributed by atoms with E-state index in [9.17, 15) is 14.9 Å². The van der Waals surface area contributed by atoms with E-state index in [0.29, 0.717) is 12.5 Å². The van der Waals surface area contributed by atoms with Crippen LogP contribution >= 0.6 is 11.6 Å². The van der Waals surface area contributed by atoms with Gasteiger partial charge in [-0.1, -0.05) is 18.5 Å². The largest absolute Gasteiger partial charge is 0.336 e. The van der Waals surface area contributed by atoms with E-state index in [1.165, 1.54) is 6.07 Å². The smallest absolute Gasteiger partial charge is 0.288 e.